The van der Waals surface area contributed by atoms with Crippen molar-refractivity contribution in [3.63, 3.8) is 0 Å². The maximum atomic E-state index is 11.1. The summed E-state index contributed by atoms with van der Waals surface area (Å²) < 4.78 is 6.00. The van der Waals surface area contributed by atoms with E-state index >= 15 is 0 Å². The van der Waals surface area contributed by atoms with Gasteiger partial charge in [-0.1, -0.05) is 27.7 Å². The Hall–Kier alpha value is -0.153. The van der Waals surface area contributed by atoms with Crippen molar-refractivity contribution in [1.29, 1.82) is 0 Å². The number of hydrogen-bond acceptors (Lipinski definition) is 2. The Morgan fingerprint density at radius 1 is 1.33 bits per heavy atom. The first-order chi connectivity index (χ1) is 6.58. The molecule has 0 aliphatic carbocycles. The predicted octanol–water partition coefficient (Wildman–Crippen LogP) is 3.62. The van der Waals surface area contributed by atoms with Gasteiger partial charge in [-0.15, -0.1) is 0 Å². The van der Waals surface area contributed by atoms with Crippen molar-refractivity contribution in [2.75, 3.05) is 6.61 Å². The number of rotatable bonds is 5. The molecule has 0 N–H and O–H groups in total. The molecule has 0 aliphatic heterocycles. The minimum atomic E-state index is -1.62. The molecule has 2 nitrogen and oxygen atoms in total. The Bertz CT molecular complexity index is 216. The van der Waals surface area contributed by atoms with Crippen LogP contribution in [0.4, 0.5) is 0 Å². The molecule has 0 aromatic carbocycles. The zero-order valence-corrected chi connectivity index (χ0v) is 12.3. The number of ketones is 1. The van der Waals surface area contributed by atoms with E-state index in [1.54, 1.807) is 6.92 Å². The van der Waals surface area contributed by atoms with Crippen LogP contribution in [0.15, 0.2) is 0 Å². The quantitative estimate of drug-likeness (QED) is 0.674. The van der Waals surface area contributed by atoms with Crippen LogP contribution in [0.5, 0.6) is 0 Å². The maximum absolute atomic E-state index is 11.1. The average molecular weight is 230 g/mol. The summed E-state index contributed by atoms with van der Waals surface area (Å²) in [5, 5.41) is 0.256. The van der Waals surface area contributed by atoms with E-state index in [-0.39, 0.29) is 16.7 Å². The van der Waals surface area contributed by atoms with Crippen LogP contribution in [0.25, 0.3) is 0 Å². The monoisotopic (exact) mass is 230 g/mol. The molecule has 0 saturated heterocycles. The lowest BCUT2D eigenvalue weighted by molar-refractivity contribution is -0.120. The van der Waals surface area contributed by atoms with Crippen molar-refractivity contribution in [3.8, 4) is 0 Å². The van der Waals surface area contributed by atoms with Crippen molar-refractivity contribution in [2.24, 2.45) is 5.92 Å². The van der Waals surface area contributed by atoms with E-state index in [9.17, 15) is 4.79 Å². The molecule has 1 atom stereocenters. The highest BCUT2D eigenvalue weighted by Gasteiger charge is 2.36. The van der Waals surface area contributed by atoms with Crippen molar-refractivity contribution in [3.05, 3.63) is 0 Å². The second-order valence-corrected chi connectivity index (χ2v) is 10.7. The number of hydrogen-bond donors (Lipinski definition) is 0. The molecule has 0 radical (unpaired) electrons. The fraction of sp³-hybridized carbons (Fsp3) is 0.917. The molecule has 90 valence electrons. The van der Waals surface area contributed by atoms with Gasteiger partial charge in [0.05, 0.1) is 0 Å². The smallest absolute Gasteiger partial charge is 0.191 e. The predicted molar refractivity (Wildman–Crippen MR) is 67.6 cm³/mol. The van der Waals surface area contributed by atoms with Crippen LogP contribution in [0.3, 0.4) is 0 Å². The minimum absolute atomic E-state index is 0.134. The molecule has 0 aromatic rings. The molecular weight excluding hydrogens is 204 g/mol. The zero-order chi connectivity index (χ0) is 12.3. The van der Waals surface area contributed by atoms with Gasteiger partial charge < -0.3 is 4.43 Å². The number of carbonyl (C=O) groups excluding carboxylic acids is 1. The summed E-state index contributed by atoms with van der Waals surface area (Å²) in [6.45, 7) is 15.5. The van der Waals surface area contributed by atoms with Crippen molar-refractivity contribution >= 4 is 14.1 Å². The summed E-state index contributed by atoms with van der Waals surface area (Å²) in [6, 6.07) is 0. The molecule has 0 bridgehead atoms. The van der Waals surface area contributed by atoms with Gasteiger partial charge in [-0.2, -0.15) is 0 Å². The highest BCUT2D eigenvalue weighted by atomic mass is 28.4. The molecule has 0 heterocycles. The van der Waals surface area contributed by atoms with Crippen LogP contribution >= 0.6 is 0 Å². The normalized spacial score (nSPS) is 15.1. The molecule has 0 amide bonds. The minimum Gasteiger partial charge on any atom is -0.417 e. The molecule has 0 aromatic heterocycles. The Kier molecular flexibility index (Phi) is 5.20. The Labute approximate surface area is 95.5 Å². The summed E-state index contributed by atoms with van der Waals surface area (Å²) in [4.78, 5) is 11.1. The van der Waals surface area contributed by atoms with Gasteiger partial charge in [0, 0.05) is 12.5 Å². The largest absolute Gasteiger partial charge is 0.417 e. The van der Waals surface area contributed by atoms with Crippen LogP contribution < -0.4 is 0 Å². The molecule has 0 fully saturated rings. The third-order valence-corrected chi connectivity index (χ3v) is 8.05. The Balaban J connectivity index is 4.01. The van der Waals surface area contributed by atoms with E-state index in [2.05, 4.69) is 33.9 Å². The average Bonchev–Trinajstić information content (AvgIpc) is 2.01. The summed E-state index contributed by atoms with van der Waals surface area (Å²) in [6.07, 6.45) is 0.849. The lowest BCUT2D eigenvalue weighted by Gasteiger charge is -2.36. The van der Waals surface area contributed by atoms with Crippen LogP contribution in [0.1, 0.15) is 41.0 Å². The first kappa shape index (κ1) is 14.8. The SMILES string of the molecule is CC(=O)[C@@H](C)CCO[Si](C)(C)C(C)(C)C. The number of carbonyl (C=O) groups is 1. The van der Waals surface area contributed by atoms with Gasteiger partial charge >= 0.3 is 0 Å². The van der Waals surface area contributed by atoms with Crippen molar-refractivity contribution in [1.82, 2.24) is 0 Å². The lowest BCUT2D eigenvalue weighted by Crippen LogP contribution is -2.41. The van der Waals surface area contributed by atoms with Gasteiger partial charge in [-0.05, 0) is 31.5 Å². The molecule has 3 heteroatoms. The van der Waals surface area contributed by atoms with Crippen LogP contribution in [-0.4, -0.2) is 20.7 Å². The van der Waals surface area contributed by atoms with Gasteiger partial charge in [0.25, 0.3) is 0 Å². The summed E-state index contributed by atoms with van der Waals surface area (Å²) in [5.74, 6) is 0.392. The summed E-state index contributed by atoms with van der Waals surface area (Å²) in [5.41, 5.74) is 0. The third-order valence-electron chi connectivity index (χ3n) is 3.51. The second-order valence-electron chi connectivity index (χ2n) is 5.91. The van der Waals surface area contributed by atoms with E-state index in [4.69, 9.17) is 4.43 Å². The molecular formula is C12H26O2Si. The highest BCUT2D eigenvalue weighted by Crippen LogP contribution is 2.36. The first-order valence-corrected chi connectivity index (χ1v) is 8.63. The van der Waals surface area contributed by atoms with Crippen LogP contribution in [0, 0.1) is 5.92 Å². The lowest BCUT2D eigenvalue weighted by atomic mass is 10.1. The summed E-state index contributed by atoms with van der Waals surface area (Å²) in [7, 11) is -1.62. The molecule has 0 saturated carbocycles. The fourth-order valence-electron chi connectivity index (χ4n) is 0.911. The van der Waals surface area contributed by atoms with Crippen molar-refractivity contribution < 1.29 is 9.22 Å². The highest BCUT2D eigenvalue weighted by molar-refractivity contribution is 6.74. The maximum Gasteiger partial charge on any atom is 0.191 e. The van der Waals surface area contributed by atoms with E-state index in [0.717, 1.165) is 13.0 Å². The van der Waals surface area contributed by atoms with Gasteiger partial charge in [0.15, 0.2) is 8.32 Å². The van der Waals surface area contributed by atoms with E-state index in [1.807, 2.05) is 6.92 Å². The van der Waals surface area contributed by atoms with Crippen LogP contribution in [0.2, 0.25) is 18.1 Å². The molecule has 0 spiro atoms. The molecule has 15 heavy (non-hydrogen) atoms. The molecule has 0 rings (SSSR count). The van der Waals surface area contributed by atoms with Gasteiger partial charge in [0.1, 0.15) is 5.78 Å². The van der Waals surface area contributed by atoms with Crippen LogP contribution in [-0.2, 0) is 9.22 Å². The van der Waals surface area contributed by atoms with E-state index < -0.39 is 8.32 Å². The second kappa shape index (κ2) is 5.26. The Morgan fingerprint density at radius 2 is 1.80 bits per heavy atom. The standard InChI is InChI=1S/C12H26O2Si/c1-10(11(2)13)8-9-14-15(6,7)12(3,4)5/h10H,8-9H2,1-7H3/t10-/m0/s1. The summed E-state index contributed by atoms with van der Waals surface area (Å²) >= 11 is 0. The topological polar surface area (TPSA) is 26.3 Å². The fourth-order valence-corrected chi connectivity index (χ4v) is 1.97. The first-order valence-electron chi connectivity index (χ1n) is 5.72. The molecule has 0 unspecified atom stereocenters. The molecule has 0 aliphatic rings. The zero-order valence-electron chi connectivity index (χ0n) is 11.3. The van der Waals surface area contributed by atoms with E-state index in [1.165, 1.54) is 0 Å². The van der Waals surface area contributed by atoms with Crippen molar-refractivity contribution in [2.45, 2.75) is 59.2 Å². The van der Waals surface area contributed by atoms with Gasteiger partial charge in [-0.3, -0.25) is 4.79 Å². The third kappa shape index (κ3) is 4.93. The van der Waals surface area contributed by atoms with Gasteiger partial charge in [0.2, 0.25) is 0 Å². The van der Waals surface area contributed by atoms with Gasteiger partial charge in [-0.25, -0.2) is 0 Å². The van der Waals surface area contributed by atoms with E-state index in [0.29, 0.717) is 0 Å². The number of Topliss-reactive ketones (excluding diaryl/α,β-unsaturated/α-hetero) is 1. The Morgan fingerprint density at radius 3 is 2.13 bits per heavy atom.